The van der Waals surface area contributed by atoms with Gasteiger partial charge in [-0.1, -0.05) is 18.9 Å². The lowest BCUT2D eigenvalue weighted by Gasteiger charge is -2.25. The number of aliphatic hydroxyl groups is 1. The van der Waals surface area contributed by atoms with E-state index in [-0.39, 0.29) is 22.2 Å². The molecule has 0 aromatic heterocycles. The fourth-order valence-electron chi connectivity index (χ4n) is 4.71. The molecular weight excluding hydrogens is 378 g/mol. The summed E-state index contributed by atoms with van der Waals surface area (Å²) < 4.78 is 25.6. The quantitative estimate of drug-likeness (QED) is 0.798. The summed E-state index contributed by atoms with van der Waals surface area (Å²) in [5.74, 6) is 0. The first kappa shape index (κ1) is 19.7. The van der Waals surface area contributed by atoms with Gasteiger partial charge in [-0.2, -0.15) is 0 Å². The molecule has 2 heterocycles. The van der Waals surface area contributed by atoms with E-state index in [1.54, 1.807) is 29.2 Å². The van der Waals surface area contributed by atoms with Crippen LogP contribution in [0.1, 0.15) is 38.5 Å². The lowest BCUT2D eigenvalue weighted by atomic mass is 10.2. The standard InChI is InChI=1S/C20H29N3O4S/c24-19-14-23(13-18(19)22-10-3-4-11-22)20(25)21-15-6-5-9-17(12-15)28(26,27)16-7-1-2-8-16/h5-6,9,12,16,18-19,24H,1-4,7-8,10-11,13-14H2,(H,21,25)/t18-,19-/m0/s1. The number of rotatable bonds is 4. The highest BCUT2D eigenvalue weighted by Gasteiger charge is 2.38. The molecule has 3 fully saturated rings. The van der Waals surface area contributed by atoms with Crippen molar-refractivity contribution >= 4 is 21.6 Å². The van der Waals surface area contributed by atoms with Gasteiger partial charge in [0.1, 0.15) is 0 Å². The van der Waals surface area contributed by atoms with E-state index < -0.39 is 15.9 Å². The second kappa shape index (κ2) is 8.00. The van der Waals surface area contributed by atoms with Gasteiger partial charge in [-0.25, -0.2) is 13.2 Å². The van der Waals surface area contributed by atoms with Crippen LogP contribution < -0.4 is 5.32 Å². The summed E-state index contributed by atoms with van der Waals surface area (Å²) in [4.78, 5) is 16.8. The van der Waals surface area contributed by atoms with Gasteiger partial charge in [0.25, 0.3) is 0 Å². The highest BCUT2D eigenvalue weighted by atomic mass is 32.2. The van der Waals surface area contributed by atoms with Gasteiger partial charge < -0.3 is 15.3 Å². The Morgan fingerprint density at radius 2 is 1.79 bits per heavy atom. The van der Waals surface area contributed by atoms with E-state index in [4.69, 9.17) is 0 Å². The van der Waals surface area contributed by atoms with Crippen molar-refractivity contribution in [1.29, 1.82) is 0 Å². The van der Waals surface area contributed by atoms with Crippen LogP contribution in [-0.4, -0.2) is 72.9 Å². The summed E-state index contributed by atoms with van der Waals surface area (Å²) in [5.41, 5.74) is 0.475. The number of aliphatic hydroxyl groups excluding tert-OH is 1. The van der Waals surface area contributed by atoms with Gasteiger partial charge in [-0.05, 0) is 57.0 Å². The monoisotopic (exact) mass is 407 g/mol. The molecule has 4 rings (SSSR count). The number of likely N-dealkylation sites (tertiary alicyclic amines) is 2. The van der Waals surface area contributed by atoms with Crippen LogP contribution in [0, 0.1) is 0 Å². The third-order valence-corrected chi connectivity index (χ3v) is 8.57. The number of carbonyl (C=O) groups is 1. The minimum absolute atomic E-state index is 0.0117. The van der Waals surface area contributed by atoms with Crippen molar-refractivity contribution in [2.45, 2.75) is 60.8 Å². The Morgan fingerprint density at radius 1 is 1.07 bits per heavy atom. The topological polar surface area (TPSA) is 90.0 Å². The summed E-state index contributed by atoms with van der Waals surface area (Å²) in [7, 11) is -3.36. The minimum atomic E-state index is -3.36. The van der Waals surface area contributed by atoms with E-state index >= 15 is 0 Å². The molecule has 7 nitrogen and oxygen atoms in total. The molecule has 1 aromatic carbocycles. The molecule has 8 heteroatoms. The first-order valence-corrected chi connectivity index (χ1v) is 11.8. The molecule has 3 aliphatic rings. The zero-order chi connectivity index (χ0) is 19.7. The molecule has 2 N–H and O–H groups in total. The molecule has 1 aliphatic carbocycles. The largest absolute Gasteiger partial charge is 0.390 e. The number of amides is 2. The number of nitrogens with zero attached hydrogens (tertiary/aromatic N) is 2. The van der Waals surface area contributed by atoms with Crippen LogP contribution in [0.2, 0.25) is 0 Å². The van der Waals surface area contributed by atoms with Gasteiger partial charge in [0.05, 0.1) is 28.8 Å². The predicted molar refractivity (Wildman–Crippen MR) is 107 cm³/mol. The summed E-state index contributed by atoms with van der Waals surface area (Å²) >= 11 is 0. The van der Waals surface area contributed by atoms with Crippen LogP contribution in [-0.2, 0) is 9.84 Å². The molecule has 0 spiro atoms. The van der Waals surface area contributed by atoms with Crippen molar-refractivity contribution in [1.82, 2.24) is 9.80 Å². The Labute approximate surface area is 166 Å². The Hall–Kier alpha value is -1.64. The van der Waals surface area contributed by atoms with E-state index in [0.717, 1.165) is 38.8 Å². The molecule has 1 aromatic rings. The van der Waals surface area contributed by atoms with Gasteiger partial charge >= 0.3 is 6.03 Å². The van der Waals surface area contributed by atoms with E-state index in [1.165, 1.54) is 0 Å². The summed E-state index contributed by atoms with van der Waals surface area (Å²) in [6, 6.07) is 6.22. The number of carbonyl (C=O) groups excluding carboxylic acids is 1. The highest BCUT2D eigenvalue weighted by molar-refractivity contribution is 7.92. The Morgan fingerprint density at radius 3 is 2.50 bits per heavy atom. The smallest absolute Gasteiger partial charge is 0.321 e. The zero-order valence-electron chi connectivity index (χ0n) is 16.1. The van der Waals surface area contributed by atoms with Crippen LogP contribution in [0.5, 0.6) is 0 Å². The first-order valence-electron chi connectivity index (χ1n) is 10.3. The van der Waals surface area contributed by atoms with Crippen molar-refractivity contribution < 1.29 is 18.3 Å². The van der Waals surface area contributed by atoms with E-state index in [0.29, 0.717) is 31.6 Å². The Balaban J connectivity index is 1.42. The average Bonchev–Trinajstić information content (AvgIpc) is 3.43. The van der Waals surface area contributed by atoms with E-state index in [9.17, 15) is 18.3 Å². The van der Waals surface area contributed by atoms with Crippen LogP contribution >= 0.6 is 0 Å². The number of anilines is 1. The Kier molecular flexibility index (Phi) is 5.62. The van der Waals surface area contributed by atoms with Crippen LogP contribution in [0.25, 0.3) is 0 Å². The summed E-state index contributed by atoms with van der Waals surface area (Å²) in [5, 5.41) is 12.9. The zero-order valence-corrected chi connectivity index (χ0v) is 16.9. The number of benzene rings is 1. The number of urea groups is 1. The second-order valence-corrected chi connectivity index (χ2v) is 10.4. The van der Waals surface area contributed by atoms with Crippen molar-refractivity contribution in [3.63, 3.8) is 0 Å². The van der Waals surface area contributed by atoms with Gasteiger partial charge in [0, 0.05) is 12.2 Å². The molecule has 28 heavy (non-hydrogen) atoms. The van der Waals surface area contributed by atoms with Crippen LogP contribution in [0.15, 0.2) is 29.2 Å². The van der Waals surface area contributed by atoms with Gasteiger partial charge in [-0.15, -0.1) is 0 Å². The fourth-order valence-corrected chi connectivity index (χ4v) is 6.61. The van der Waals surface area contributed by atoms with Crippen molar-refractivity contribution in [3.8, 4) is 0 Å². The number of nitrogens with one attached hydrogen (secondary N) is 1. The van der Waals surface area contributed by atoms with Crippen molar-refractivity contribution in [2.75, 3.05) is 31.5 Å². The molecule has 0 radical (unpaired) electrons. The molecule has 2 aliphatic heterocycles. The molecule has 1 saturated carbocycles. The molecular formula is C20H29N3O4S. The minimum Gasteiger partial charge on any atom is -0.390 e. The number of β-amino-alcohol motifs (C(OH)–C–C–N with tert-alkyl or cyclic N) is 1. The lowest BCUT2D eigenvalue weighted by Crippen LogP contribution is -2.41. The van der Waals surface area contributed by atoms with Crippen molar-refractivity contribution in [3.05, 3.63) is 24.3 Å². The van der Waals surface area contributed by atoms with Crippen LogP contribution in [0.3, 0.4) is 0 Å². The van der Waals surface area contributed by atoms with E-state index in [1.807, 2.05) is 0 Å². The van der Waals surface area contributed by atoms with Gasteiger partial charge in [0.15, 0.2) is 9.84 Å². The van der Waals surface area contributed by atoms with Crippen molar-refractivity contribution in [2.24, 2.45) is 0 Å². The number of hydrogen-bond acceptors (Lipinski definition) is 5. The lowest BCUT2D eigenvalue weighted by molar-refractivity contribution is 0.0980. The van der Waals surface area contributed by atoms with E-state index in [2.05, 4.69) is 10.2 Å². The first-order chi connectivity index (χ1) is 13.4. The van der Waals surface area contributed by atoms with Gasteiger partial charge in [-0.3, -0.25) is 4.90 Å². The highest BCUT2D eigenvalue weighted by Crippen LogP contribution is 2.30. The maximum Gasteiger partial charge on any atom is 0.321 e. The third kappa shape index (κ3) is 3.90. The maximum absolute atomic E-state index is 12.8. The summed E-state index contributed by atoms with van der Waals surface area (Å²) in [6.07, 6.45) is 5.06. The normalized spacial score (nSPS) is 26.8. The Bertz CT molecular complexity index is 816. The summed E-state index contributed by atoms with van der Waals surface area (Å²) in [6.45, 7) is 2.73. The fraction of sp³-hybridized carbons (Fsp3) is 0.650. The number of sulfone groups is 1. The second-order valence-electron chi connectivity index (χ2n) is 8.19. The maximum atomic E-state index is 12.8. The number of hydrogen-bond donors (Lipinski definition) is 2. The molecule has 2 atom stereocenters. The van der Waals surface area contributed by atoms with Crippen LogP contribution in [0.4, 0.5) is 10.5 Å². The predicted octanol–water partition coefficient (Wildman–Crippen LogP) is 2.08. The molecule has 2 amide bonds. The molecule has 0 bridgehead atoms. The average molecular weight is 408 g/mol. The SMILES string of the molecule is O=C(Nc1cccc(S(=O)(=O)C2CCCC2)c1)N1C[C@H](O)[C@@H](N2CCCC2)C1. The molecule has 2 saturated heterocycles. The van der Waals surface area contributed by atoms with Gasteiger partial charge in [0.2, 0.25) is 0 Å². The molecule has 0 unspecified atom stereocenters. The molecule has 154 valence electrons. The third-order valence-electron chi connectivity index (χ3n) is 6.31.